The lowest BCUT2D eigenvalue weighted by Crippen LogP contribution is -1.90. The van der Waals surface area contributed by atoms with Crippen molar-refractivity contribution in [1.29, 1.82) is 0 Å². The molecule has 0 radical (unpaired) electrons. The molecule has 0 fully saturated rings. The van der Waals surface area contributed by atoms with Crippen LogP contribution in [0, 0.1) is 6.92 Å². The number of nitrogens with two attached hydrogens (primary N) is 1. The first kappa shape index (κ1) is 9.52. The molecule has 0 saturated carbocycles. The van der Waals surface area contributed by atoms with Gasteiger partial charge in [-0.2, -0.15) is 0 Å². The largest absolute Gasteiger partial charge is 0.439 e. The average Bonchev–Trinajstić information content (AvgIpc) is 2.22. The van der Waals surface area contributed by atoms with Crippen molar-refractivity contribution >= 4 is 5.69 Å². The van der Waals surface area contributed by atoms with Gasteiger partial charge in [0.1, 0.15) is 5.75 Å². The van der Waals surface area contributed by atoms with E-state index in [1.807, 2.05) is 31.2 Å². The quantitative estimate of drug-likeness (QED) is 0.810. The minimum Gasteiger partial charge on any atom is -0.439 e. The Labute approximate surface area is 88.5 Å². The van der Waals surface area contributed by atoms with Crippen LogP contribution in [0.1, 0.15) is 5.56 Å². The number of hydrogen-bond donors (Lipinski definition) is 1. The molecule has 0 unspecified atom stereocenters. The first-order chi connectivity index (χ1) is 7.24. The van der Waals surface area contributed by atoms with Crippen LogP contribution in [0.25, 0.3) is 0 Å². The van der Waals surface area contributed by atoms with Crippen molar-refractivity contribution in [3.63, 3.8) is 0 Å². The third-order valence-corrected chi connectivity index (χ3v) is 2.00. The fourth-order valence-electron chi connectivity index (χ4n) is 1.21. The maximum Gasteiger partial charge on any atom is 0.221 e. The molecule has 1 aromatic heterocycles. The zero-order valence-electron chi connectivity index (χ0n) is 8.47. The molecule has 1 heterocycles. The minimum atomic E-state index is 0.513. The summed E-state index contributed by atoms with van der Waals surface area (Å²) in [4.78, 5) is 4.06. The van der Waals surface area contributed by atoms with E-state index in [1.54, 1.807) is 18.3 Å². The smallest absolute Gasteiger partial charge is 0.221 e. The van der Waals surface area contributed by atoms with Gasteiger partial charge in [-0.15, -0.1) is 0 Å². The minimum absolute atomic E-state index is 0.513. The first-order valence-corrected chi connectivity index (χ1v) is 4.70. The summed E-state index contributed by atoms with van der Waals surface area (Å²) in [6.07, 6.45) is 1.62. The second-order valence-electron chi connectivity index (χ2n) is 3.34. The maximum atomic E-state index is 5.62. The fraction of sp³-hybridized carbons (Fsp3) is 0.0833. The molecular formula is C12H12N2O. The van der Waals surface area contributed by atoms with Crippen LogP contribution in [0.2, 0.25) is 0 Å². The van der Waals surface area contributed by atoms with Gasteiger partial charge >= 0.3 is 0 Å². The van der Waals surface area contributed by atoms with Crippen LogP contribution in [-0.4, -0.2) is 4.98 Å². The Kier molecular flexibility index (Phi) is 2.54. The number of ether oxygens (including phenoxy) is 1. The number of rotatable bonds is 2. The second-order valence-corrected chi connectivity index (χ2v) is 3.34. The highest BCUT2D eigenvalue weighted by Gasteiger charge is 1.98. The van der Waals surface area contributed by atoms with Gasteiger partial charge in [0, 0.05) is 18.0 Å². The number of pyridine rings is 1. The summed E-state index contributed by atoms with van der Waals surface area (Å²) in [6, 6.07) is 11.2. The Morgan fingerprint density at radius 1 is 1.13 bits per heavy atom. The Morgan fingerprint density at radius 3 is 2.53 bits per heavy atom. The molecule has 0 amide bonds. The molecule has 2 N–H and O–H groups in total. The summed E-state index contributed by atoms with van der Waals surface area (Å²) >= 11 is 0. The third-order valence-electron chi connectivity index (χ3n) is 2.00. The Morgan fingerprint density at radius 2 is 1.87 bits per heavy atom. The molecule has 2 rings (SSSR count). The van der Waals surface area contributed by atoms with Crippen LogP contribution < -0.4 is 10.5 Å². The van der Waals surface area contributed by atoms with Crippen molar-refractivity contribution in [3.8, 4) is 11.6 Å². The molecule has 0 bridgehead atoms. The normalized spacial score (nSPS) is 9.93. The third kappa shape index (κ3) is 2.47. The van der Waals surface area contributed by atoms with Crippen LogP contribution in [-0.2, 0) is 0 Å². The Hall–Kier alpha value is -2.03. The van der Waals surface area contributed by atoms with Gasteiger partial charge in [-0.3, -0.25) is 0 Å². The van der Waals surface area contributed by atoms with Crippen molar-refractivity contribution in [2.24, 2.45) is 0 Å². The van der Waals surface area contributed by atoms with Crippen molar-refractivity contribution in [1.82, 2.24) is 4.98 Å². The summed E-state index contributed by atoms with van der Waals surface area (Å²) in [5.74, 6) is 1.28. The van der Waals surface area contributed by atoms with E-state index in [0.717, 1.165) is 5.75 Å². The zero-order valence-corrected chi connectivity index (χ0v) is 8.47. The van der Waals surface area contributed by atoms with E-state index in [0.29, 0.717) is 11.6 Å². The van der Waals surface area contributed by atoms with Gasteiger partial charge in [-0.25, -0.2) is 4.98 Å². The summed E-state index contributed by atoms with van der Waals surface area (Å²) < 4.78 is 5.52. The molecule has 3 nitrogen and oxygen atoms in total. The molecule has 3 heteroatoms. The molecule has 0 aliphatic heterocycles. The SMILES string of the molecule is Cc1ccc(Oc2cc(N)ccn2)cc1. The van der Waals surface area contributed by atoms with Crippen LogP contribution in [0.5, 0.6) is 11.6 Å². The highest BCUT2D eigenvalue weighted by molar-refractivity contribution is 5.41. The van der Waals surface area contributed by atoms with Crippen molar-refractivity contribution < 1.29 is 4.74 Å². The predicted molar refractivity (Wildman–Crippen MR) is 59.9 cm³/mol. The van der Waals surface area contributed by atoms with Gasteiger partial charge in [-0.05, 0) is 25.1 Å². The molecule has 15 heavy (non-hydrogen) atoms. The van der Waals surface area contributed by atoms with Gasteiger partial charge in [0.25, 0.3) is 0 Å². The van der Waals surface area contributed by atoms with Gasteiger partial charge in [0.2, 0.25) is 5.88 Å². The van der Waals surface area contributed by atoms with Crippen molar-refractivity contribution in [2.75, 3.05) is 5.73 Å². The zero-order chi connectivity index (χ0) is 10.7. The van der Waals surface area contributed by atoms with Crippen LogP contribution in [0.15, 0.2) is 42.6 Å². The average molecular weight is 200 g/mol. The van der Waals surface area contributed by atoms with Crippen molar-refractivity contribution in [2.45, 2.75) is 6.92 Å². The van der Waals surface area contributed by atoms with Crippen molar-refractivity contribution in [3.05, 3.63) is 48.2 Å². The maximum absolute atomic E-state index is 5.62. The van der Waals surface area contributed by atoms with Gasteiger partial charge in [0.15, 0.2) is 0 Å². The van der Waals surface area contributed by atoms with E-state index < -0.39 is 0 Å². The first-order valence-electron chi connectivity index (χ1n) is 4.70. The van der Waals surface area contributed by atoms with Crippen LogP contribution in [0.4, 0.5) is 5.69 Å². The van der Waals surface area contributed by atoms with E-state index in [-0.39, 0.29) is 0 Å². The fourth-order valence-corrected chi connectivity index (χ4v) is 1.21. The van der Waals surface area contributed by atoms with E-state index in [9.17, 15) is 0 Å². The summed E-state index contributed by atoms with van der Waals surface area (Å²) in [5.41, 5.74) is 7.46. The molecule has 76 valence electrons. The van der Waals surface area contributed by atoms with E-state index >= 15 is 0 Å². The molecule has 1 aromatic carbocycles. The standard InChI is InChI=1S/C12H12N2O/c1-9-2-4-11(5-3-9)15-12-8-10(13)6-7-14-12/h2-8H,1H3,(H2,13,14). The second kappa shape index (κ2) is 4.00. The topological polar surface area (TPSA) is 48.1 Å². The number of anilines is 1. The van der Waals surface area contributed by atoms with E-state index in [2.05, 4.69) is 4.98 Å². The lowest BCUT2D eigenvalue weighted by atomic mass is 10.2. The summed E-state index contributed by atoms with van der Waals surface area (Å²) in [7, 11) is 0. The number of aromatic nitrogens is 1. The van der Waals surface area contributed by atoms with E-state index in [1.165, 1.54) is 5.56 Å². The molecule has 0 aliphatic rings. The number of hydrogen-bond acceptors (Lipinski definition) is 3. The molecule has 2 aromatic rings. The van der Waals surface area contributed by atoms with Crippen LogP contribution in [0.3, 0.4) is 0 Å². The van der Waals surface area contributed by atoms with E-state index in [4.69, 9.17) is 10.5 Å². The summed E-state index contributed by atoms with van der Waals surface area (Å²) in [6.45, 7) is 2.03. The van der Waals surface area contributed by atoms with Gasteiger partial charge in [-0.1, -0.05) is 17.7 Å². The monoisotopic (exact) mass is 200 g/mol. The van der Waals surface area contributed by atoms with Gasteiger partial charge < -0.3 is 10.5 Å². The molecule has 0 aliphatic carbocycles. The number of aryl methyl sites for hydroxylation is 1. The molecule has 0 saturated heterocycles. The number of nitrogens with zero attached hydrogens (tertiary/aromatic N) is 1. The Balaban J connectivity index is 2.18. The summed E-state index contributed by atoms with van der Waals surface area (Å²) in [5, 5.41) is 0. The van der Waals surface area contributed by atoms with Crippen LogP contribution >= 0.6 is 0 Å². The van der Waals surface area contributed by atoms with Gasteiger partial charge in [0.05, 0.1) is 0 Å². The Bertz CT molecular complexity index is 451. The predicted octanol–water partition coefficient (Wildman–Crippen LogP) is 2.76. The molecule has 0 spiro atoms. The lowest BCUT2D eigenvalue weighted by molar-refractivity contribution is 0.463. The highest BCUT2D eigenvalue weighted by Crippen LogP contribution is 2.20. The molecule has 0 atom stereocenters. The molecular weight excluding hydrogens is 188 g/mol. The number of nitrogen functional groups attached to an aromatic ring is 1. The lowest BCUT2D eigenvalue weighted by Gasteiger charge is -2.04. The number of benzene rings is 1. The highest BCUT2D eigenvalue weighted by atomic mass is 16.5.